The normalized spacial score (nSPS) is 11.9. The summed E-state index contributed by atoms with van der Waals surface area (Å²) in [6, 6.07) is 13.8. The van der Waals surface area contributed by atoms with Crippen LogP contribution in [0.2, 0.25) is 0 Å². The van der Waals surface area contributed by atoms with Crippen molar-refractivity contribution in [3.63, 3.8) is 0 Å². The van der Waals surface area contributed by atoms with E-state index in [0.717, 1.165) is 26.2 Å². The zero-order valence-electron chi connectivity index (χ0n) is 14.2. The third-order valence-corrected chi connectivity index (χ3v) is 4.70. The maximum atomic E-state index is 2.46. The molecule has 0 spiro atoms. The maximum Gasteiger partial charge on any atom is 0.0491 e. The monoisotopic (exact) mass is 294 g/mol. The van der Waals surface area contributed by atoms with Gasteiger partial charge in [-0.2, -0.15) is 0 Å². The number of rotatable bonds is 5. The van der Waals surface area contributed by atoms with Crippen LogP contribution in [0.1, 0.15) is 31.9 Å². The lowest BCUT2D eigenvalue weighted by Gasteiger charge is -2.18. The first-order valence-electron chi connectivity index (χ1n) is 8.41. The second kappa shape index (κ2) is 6.13. The van der Waals surface area contributed by atoms with Crippen LogP contribution < -0.4 is 0 Å². The molecule has 3 aromatic rings. The van der Waals surface area contributed by atoms with E-state index in [9.17, 15) is 0 Å². The Bertz CT molecular complexity index is 794. The molecular formula is C20H26N2. The van der Waals surface area contributed by atoms with Gasteiger partial charge in [-0.15, -0.1) is 0 Å². The van der Waals surface area contributed by atoms with E-state index in [2.05, 4.69) is 73.6 Å². The molecule has 0 aliphatic rings. The van der Waals surface area contributed by atoms with Crippen molar-refractivity contribution in [2.45, 2.75) is 40.8 Å². The van der Waals surface area contributed by atoms with E-state index in [1.165, 1.54) is 32.9 Å². The van der Waals surface area contributed by atoms with Crippen LogP contribution in [0.15, 0.2) is 36.4 Å². The van der Waals surface area contributed by atoms with Crippen molar-refractivity contribution in [1.29, 1.82) is 0 Å². The van der Waals surface area contributed by atoms with Crippen LogP contribution in [0.4, 0.5) is 0 Å². The number of hydrogen-bond donors (Lipinski definition) is 0. The number of fused-ring (bicyclic) bond motifs is 3. The molecule has 22 heavy (non-hydrogen) atoms. The SMILES string of the molecule is CCN(CC)Cc1ccc2c(c1)c1cc(C)ccc1n2CC. The minimum absolute atomic E-state index is 1.01. The summed E-state index contributed by atoms with van der Waals surface area (Å²) in [6.07, 6.45) is 0. The Morgan fingerprint density at radius 3 is 2.14 bits per heavy atom. The fraction of sp³-hybridized carbons (Fsp3) is 0.400. The zero-order chi connectivity index (χ0) is 15.7. The molecule has 0 saturated carbocycles. The van der Waals surface area contributed by atoms with Crippen molar-refractivity contribution < 1.29 is 0 Å². The average molecular weight is 294 g/mol. The van der Waals surface area contributed by atoms with Crippen LogP contribution in [0.5, 0.6) is 0 Å². The van der Waals surface area contributed by atoms with Crippen molar-refractivity contribution in [1.82, 2.24) is 9.47 Å². The summed E-state index contributed by atoms with van der Waals surface area (Å²) >= 11 is 0. The maximum absolute atomic E-state index is 2.46. The topological polar surface area (TPSA) is 8.17 Å². The van der Waals surface area contributed by atoms with Gasteiger partial charge in [0.15, 0.2) is 0 Å². The van der Waals surface area contributed by atoms with E-state index < -0.39 is 0 Å². The summed E-state index contributed by atoms with van der Waals surface area (Å²) in [6.45, 7) is 13.1. The molecule has 116 valence electrons. The summed E-state index contributed by atoms with van der Waals surface area (Å²) in [7, 11) is 0. The largest absolute Gasteiger partial charge is 0.341 e. The average Bonchev–Trinajstić information content (AvgIpc) is 2.85. The molecule has 0 aliphatic heterocycles. The summed E-state index contributed by atoms with van der Waals surface area (Å²) in [5.41, 5.74) is 5.44. The van der Waals surface area contributed by atoms with E-state index in [4.69, 9.17) is 0 Å². The molecule has 0 saturated heterocycles. The molecule has 2 heteroatoms. The molecule has 0 atom stereocenters. The molecule has 0 unspecified atom stereocenters. The Kier molecular flexibility index (Phi) is 4.21. The molecule has 3 rings (SSSR count). The predicted molar refractivity (Wildman–Crippen MR) is 96.5 cm³/mol. The standard InChI is InChI=1S/C20H26N2/c1-5-21(6-2)14-16-9-11-20-18(13-16)17-12-15(4)8-10-19(17)22(20)7-3/h8-13H,5-7,14H2,1-4H3. The van der Waals surface area contributed by atoms with Crippen molar-refractivity contribution in [3.8, 4) is 0 Å². The van der Waals surface area contributed by atoms with Crippen molar-refractivity contribution in [2.24, 2.45) is 0 Å². The fourth-order valence-corrected chi connectivity index (χ4v) is 3.41. The summed E-state index contributed by atoms with van der Waals surface area (Å²) < 4.78 is 2.42. The third-order valence-electron chi connectivity index (χ3n) is 4.70. The van der Waals surface area contributed by atoms with Gasteiger partial charge in [0, 0.05) is 34.9 Å². The van der Waals surface area contributed by atoms with E-state index in [0.29, 0.717) is 0 Å². The number of aromatic nitrogens is 1. The molecule has 0 bridgehead atoms. The molecule has 0 radical (unpaired) electrons. The summed E-state index contributed by atoms with van der Waals surface area (Å²) in [5, 5.41) is 2.78. The van der Waals surface area contributed by atoms with Crippen LogP contribution in [0.3, 0.4) is 0 Å². The quantitative estimate of drug-likeness (QED) is 0.645. The number of nitrogens with zero attached hydrogens (tertiary/aromatic N) is 2. The molecule has 1 heterocycles. The molecule has 1 aromatic heterocycles. The second-order valence-electron chi connectivity index (χ2n) is 6.08. The van der Waals surface area contributed by atoms with Crippen molar-refractivity contribution in [2.75, 3.05) is 13.1 Å². The lowest BCUT2D eigenvalue weighted by molar-refractivity contribution is 0.296. The van der Waals surface area contributed by atoms with Gasteiger partial charge in [0.05, 0.1) is 0 Å². The minimum atomic E-state index is 1.01. The van der Waals surface area contributed by atoms with Crippen LogP contribution in [0.25, 0.3) is 21.8 Å². The third kappa shape index (κ3) is 2.52. The Morgan fingerprint density at radius 1 is 0.864 bits per heavy atom. The highest BCUT2D eigenvalue weighted by Crippen LogP contribution is 2.30. The van der Waals surface area contributed by atoms with E-state index in [1.54, 1.807) is 0 Å². The Labute approximate surface area is 133 Å². The van der Waals surface area contributed by atoms with Gasteiger partial charge in [-0.1, -0.05) is 31.5 Å². The lowest BCUT2D eigenvalue weighted by atomic mass is 10.1. The van der Waals surface area contributed by atoms with Gasteiger partial charge in [-0.3, -0.25) is 4.90 Å². The summed E-state index contributed by atoms with van der Waals surface area (Å²) in [4.78, 5) is 2.46. The molecular weight excluding hydrogens is 268 g/mol. The van der Waals surface area contributed by atoms with Gasteiger partial charge >= 0.3 is 0 Å². The van der Waals surface area contributed by atoms with Gasteiger partial charge in [0.25, 0.3) is 0 Å². The van der Waals surface area contributed by atoms with Gasteiger partial charge in [0.2, 0.25) is 0 Å². The Hall–Kier alpha value is -1.80. The Balaban J connectivity index is 2.18. The molecule has 0 N–H and O–H groups in total. The second-order valence-corrected chi connectivity index (χ2v) is 6.08. The number of aryl methyl sites for hydroxylation is 2. The highest BCUT2D eigenvalue weighted by atomic mass is 15.1. The summed E-state index contributed by atoms with van der Waals surface area (Å²) in [5.74, 6) is 0. The van der Waals surface area contributed by atoms with Gasteiger partial charge in [0.1, 0.15) is 0 Å². The molecule has 2 nitrogen and oxygen atoms in total. The van der Waals surface area contributed by atoms with Gasteiger partial charge < -0.3 is 4.57 Å². The van der Waals surface area contributed by atoms with Crippen LogP contribution >= 0.6 is 0 Å². The zero-order valence-corrected chi connectivity index (χ0v) is 14.2. The van der Waals surface area contributed by atoms with E-state index >= 15 is 0 Å². The van der Waals surface area contributed by atoms with Crippen molar-refractivity contribution >= 4 is 21.8 Å². The number of hydrogen-bond acceptors (Lipinski definition) is 1. The van der Waals surface area contributed by atoms with Crippen molar-refractivity contribution in [3.05, 3.63) is 47.5 Å². The Morgan fingerprint density at radius 2 is 1.50 bits per heavy atom. The fourth-order valence-electron chi connectivity index (χ4n) is 3.41. The molecule has 2 aromatic carbocycles. The smallest absolute Gasteiger partial charge is 0.0491 e. The van der Waals surface area contributed by atoms with Gasteiger partial charge in [-0.05, 0) is 56.8 Å². The van der Waals surface area contributed by atoms with E-state index in [1.807, 2.05) is 0 Å². The van der Waals surface area contributed by atoms with Crippen LogP contribution in [0, 0.1) is 6.92 Å². The first-order chi connectivity index (χ1) is 10.7. The lowest BCUT2D eigenvalue weighted by Crippen LogP contribution is -2.21. The molecule has 0 amide bonds. The van der Waals surface area contributed by atoms with Crippen LogP contribution in [-0.2, 0) is 13.1 Å². The highest BCUT2D eigenvalue weighted by molar-refractivity contribution is 6.08. The predicted octanol–water partition coefficient (Wildman–Crippen LogP) is 4.96. The first kappa shape index (κ1) is 15.1. The van der Waals surface area contributed by atoms with E-state index in [-0.39, 0.29) is 0 Å². The van der Waals surface area contributed by atoms with Gasteiger partial charge in [-0.25, -0.2) is 0 Å². The highest BCUT2D eigenvalue weighted by Gasteiger charge is 2.11. The molecule has 0 aliphatic carbocycles. The first-order valence-corrected chi connectivity index (χ1v) is 8.41. The number of benzene rings is 2. The minimum Gasteiger partial charge on any atom is -0.341 e. The van der Waals surface area contributed by atoms with Crippen LogP contribution in [-0.4, -0.2) is 22.6 Å². The molecule has 0 fully saturated rings.